The maximum atomic E-state index is 12.4. The second-order valence-corrected chi connectivity index (χ2v) is 6.40. The van der Waals surface area contributed by atoms with E-state index in [2.05, 4.69) is 10.2 Å². The Hall–Kier alpha value is -1.79. The number of nitrogens with one attached hydrogen (secondary N) is 1. The molecule has 3 fully saturated rings. The van der Waals surface area contributed by atoms with E-state index in [1.165, 1.54) is 0 Å². The Labute approximate surface area is 143 Å². The Morgan fingerprint density at radius 3 is 2.88 bits per heavy atom. The van der Waals surface area contributed by atoms with E-state index < -0.39 is 0 Å². The molecule has 0 spiro atoms. The van der Waals surface area contributed by atoms with Gasteiger partial charge in [-0.15, -0.1) is 0 Å². The quantitative estimate of drug-likeness (QED) is 0.805. The number of carbonyl (C=O) groups is 1. The number of ether oxygens (including phenoxy) is 2. The van der Waals surface area contributed by atoms with Gasteiger partial charge in [0.25, 0.3) is 0 Å². The van der Waals surface area contributed by atoms with E-state index in [0.29, 0.717) is 25.8 Å². The van der Waals surface area contributed by atoms with Crippen LogP contribution in [-0.4, -0.2) is 68.3 Å². The number of benzene rings is 1. The first kappa shape index (κ1) is 17.0. The molecule has 3 aliphatic rings. The SMILES string of the molecule is COc1cccc(COCCNC(=O)N2CCN3CCC2CC3)c1. The summed E-state index contributed by atoms with van der Waals surface area (Å²) in [6, 6.07) is 8.28. The molecule has 0 aliphatic carbocycles. The fourth-order valence-corrected chi connectivity index (χ4v) is 3.44. The molecule has 1 N–H and O–H groups in total. The van der Waals surface area contributed by atoms with Crippen LogP contribution < -0.4 is 10.1 Å². The van der Waals surface area contributed by atoms with Crippen molar-refractivity contribution in [1.82, 2.24) is 15.1 Å². The Balaban J connectivity index is 1.36. The zero-order valence-corrected chi connectivity index (χ0v) is 14.4. The molecule has 0 saturated carbocycles. The molecule has 4 rings (SSSR count). The van der Waals surface area contributed by atoms with Crippen molar-refractivity contribution in [2.75, 3.05) is 46.4 Å². The van der Waals surface area contributed by atoms with E-state index in [4.69, 9.17) is 9.47 Å². The highest BCUT2D eigenvalue weighted by molar-refractivity contribution is 5.74. The van der Waals surface area contributed by atoms with Crippen LogP contribution in [0.3, 0.4) is 0 Å². The summed E-state index contributed by atoms with van der Waals surface area (Å²) in [4.78, 5) is 16.8. The lowest BCUT2D eigenvalue weighted by Gasteiger charge is -2.31. The van der Waals surface area contributed by atoms with E-state index in [1.807, 2.05) is 29.2 Å². The van der Waals surface area contributed by atoms with Gasteiger partial charge in [-0.05, 0) is 30.5 Å². The highest BCUT2D eigenvalue weighted by atomic mass is 16.5. The zero-order chi connectivity index (χ0) is 16.8. The van der Waals surface area contributed by atoms with Crippen molar-refractivity contribution in [1.29, 1.82) is 0 Å². The number of hydrogen-bond donors (Lipinski definition) is 1. The number of urea groups is 1. The molecule has 0 radical (unpaired) electrons. The Bertz CT molecular complexity index is 544. The molecule has 1 aromatic rings. The van der Waals surface area contributed by atoms with Crippen molar-refractivity contribution < 1.29 is 14.3 Å². The minimum absolute atomic E-state index is 0.0498. The first-order chi connectivity index (χ1) is 11.8. The topological polar surface area (TPSA) is 54.0 Å². The van der Waals surface area contributed by atoms with Crippen LogP contribution in [-0.2, 0) is 11.3 Å². The van der Waals surface area contributed by atoms with Crippen molar-refractivity contribution in [3.63, 3.8) is 0 Å². The second kappa shape index (κ2) is 8.35. The molecular weight excluding hydrogens is 306 g/mol. The number of nitrogens with zero attached hydrogens (tertiary/aromatic N) is 2. The number of methoxy groups -OCH3 is 1. The maximum absolute atomic E-state index is 12.4. The largest absolute Gasteiger partial charge is 0.497 e. The standard InChI is InChI=1S/C18H27N3O3/c1-23-17-4-2-3-15(13-17)14-24-12-7-19-18(22)21-11-10-20-8-5-16(21)6-9-20/h2-4,13,16H,5-12,14H2,1H3,(H,19,22). The van der Waals surface area contributed by atoms with Gasteiger partial charge in [0.1, 0.15) is 5.75 Å². The number of fused-ring (bicyclic) bond motifs is 4. The molecule has 2 amide bonds. The summed E-state index contributed by atoms with van der Waals surface area (Å²) >= 11 is 0. The van der Waals surface area contributed by atoms with Gasteiger partial charge in [-0.2, -0.15) is 0 Å². The van der Waals surface area contributed by atoms with Gasteiger partial charge in [0, 0.05) is 38.8 Å². The van der Waals surface area contributed by atoms with Gasteiger partial charge in [-0.1, -0.05) is 12.1 Å². The smallest absolute Gasteiger partial charge is 0.317 e. The number of carbonyl (C=O) groups excluding carboxylic acids is 1. The summed E-state index contributed by atoms with van der Waals surface area (Å²) in [6.45, 7) is 5.64. The lowest BCUT2D eigenvalue weighted by molar-refractivity contribution is 0.119. The number of hydrogen-bond acceptors (Lipinski definition) is 4. The van der Waals surface area contributed by atoms with Crippen LogP contribution in [0.15, 0.2) is 24.3 Å². The van der Waals surface area contributed by atoms with Gasteiger partial charge >= 0.3 is 6.03 Å². The lowest BCUT2D eigenvalue weighted by Crippen LogP contribution is -2.47. The highest BCUT2D eigenvalue weighted by Crippen LogP contribution is 2.20. The maximum Gasteiger partial charge on any atom is 0.317 e. The van der Waals surface area contributed by atoms with Crippen molar-refractivity contribution >= 4 is 6.03 Å². The minimum atomic E-state index is 0.0498. The van der Waals surface area contributed by atoms with Crippen LogP contribution >= 0.6 is 0 Å². The molecule has 3 heterocycles. The second-order valence-electron chi connectivity index (χ2n) is 6.40. The van der Waals surface area contributed by atoms with Gasteiger partial charge in [-0.25, -0.2) is 4.79 Å². The Morgan fingerprint density at radius 1 is 1.25 bits per heavy atom. The fraction of sp³-hybridized carbons (Fsp3) is 0.611. The van der Waals surface area contributed by atoms with E-state index in [9.17, 15) is 4.79 Å². The first-order valence-corrected chi connectivity index (χ1v) is 8.74. The number of piperidine rings is 1. The van der Waals surface area contributed by atoms with E-state index in [-0.39, 0.29) is 6.03 Å². The zero-order valence-electron chi connectivity index (χ0n) is 14.4. The van der Waals surface area contributed by atoms with Gasteiger partial charge in [0.2, 0.25) is 0 Å². The summed E-state index contributed by atoms with van der Waals surface area (Å²) in [5.74, 6) is 0.830. The van der Waals surface area contributed by atoms with E-state index in [0.717, 1.165) is 50.3 Å². The van der Waals surface area contributed by atoms with Crippen molar-refractivity contribution in [3.8, 4) is 5.75 Å². The van der Waals surface area contributed by atoms with Gasteiger partial charge in [0.05, 0.1) is 20.3 Å². The Morgan fingerprint density at radius 2 is 2.08 bits per heavy atom. The van der Waals surface area contributed by atoms with Crippen LogP contribution in [0.4, 0.5) is 4.79 Å². The van der Waals surface area contributed by atoms with Crippen molar-refractivity contribution in [2.45, 2.75) is 25.5 Å². The monoisotopic (exact) mass is 333 g/mol. The van der Waals surface area contributed by atoms with Gasteiger partial charge < -0.3 is 24.6 Å². The fourth-order valence-electron chi connectivity index (χ4n) is 3.44. The minimum Gasteiger partial charge on any atom is -0.497 e. The lowest BCUT2D eigenvalue weighted by atomic mass is 10.1. The molecule has 0 atom stereocenters. The van der Waals surface area contributed by atoms with Crippen molar-refractivity contribution in [3.05, 3.63) is 29.8 Å². The molecule has 2 bridgehead atoms. The molecule has 1 aromatic carbocycles. The summed E-state index contributed by atoms with van der Waals surface area (Å²) in [7, 11) is 1.65. The molecule has 6 nitrogen and oxygen atoms in total. The number of amides is 2. The summed E-state index contributed by atoms with van der Waals surface area (Å²) in [6.07, 6.45) is 2.19. The first-order valence-electron chi connectivity index (χ1n) is 8.74. The average Bonchev–Trinajstić information content (AvgIpc) is 2.95. The average molecular weight is 333 g/mol. The van der Waals surface area contributed by atoms with Crippen LogP contribution in [0, 0.1) is 0 Å². The number of rotatable bonds is 6. The predicted molar refractivity (Wildman–Crippen MR) is 92.2 cm³/mol. The van der Waals surface area contributed by atoms with Crippen LogP contribution in [0.1, 0.15) is 18.4 Å². The van der Waals surface area contributed by atoms with Gasteiger partial charge in [-0.3, -0.25) is 0 Å². The van der Waals surface area contributed by atoms with E-state index in [1.54, 1.807) is 7.11 Å². The third-order valence-corrected chi connectivity index (χ3v) is 4.84. The third-order valence-electron chi connectivity index (χ3n) is 4.84. The molecule has 0 aromatic heterocycles. The Kier molecular flexibility index (Phi) is 5.93. The normalized spacial score (nSPS) is 23.0. The molecule has 3 aliphatic heterocycles. The van der Waals surface area contributed by atoms with Crippen LogP contribution in [0.2, 0.25) is 0 Å². The predicted octanol–water partition coefficient (Wildman–Crippen LogP) is 1.70. The van der Waals surface area contributed by atoms with Gasteiger partial charge in [0.15, 0.2) is 0 Å². The third kappa shape index (κ3) is 4.39. The van der Waals surface area contributed by atoms with Crippen LogP contribution in [0.25, 0.3) is 0 Å². The molecule has 132 valence electrons. The van der Waals surface area contributed by atoms with Crippen LogP contribution in [0.5, 0.6) is 5.75 Å². The van der Waals surface area contributed by atoms with Crippen molar-refractivity contribution in [2.24, 2.45) is 0 Å². The molecule has 0 unspecified atom stereocenters. The molecular formula is C18H27N3O3. The molecule has 24 heavy (non-hydrogen) atoms. The summed E-state index contributed by atoms with van der Waals surface area (Å²) < 4.78 is 10.8. The molecule has 6 heteroatoms. The summed E-state index contributed by atoms with van der Waals surface area (Å²) in [5, 5.41) is 2.99. The van der Waals surface area contributed by atoms with E-state index >= 15 is 0 Å². The molecule has 3 saturated heterocycles. The highest BCUT2D eigenvalue weighted by Gasteiger charge is 2.31. The summed E-state index contributed by atoms with van der Waals surface area (Å²) in [5.41, 5.74) is 1.07.